The molecule has 2 atom stereocenters. The van der Waals surface area contributed by atoms with Gasteiger partial charge in [0.05, 0.1) is 0 Å². The maximum Gasteiger partial charge on any atom is 0.0496 e. The standard InChI is InChI=1S/C43H61N/c1-10-12-14-16-18-39-20-24-41(25-21-39)33(4)30-37(8)44(43-35(6)28-32(3)29-36(43)7)38(9)31-34(5)42-26-22-40(23-27-42)19-17-15-13-11-2/h20-31,33,38H,10-19H2,1-9H3. The lowest BCUT2D eigenvalue weighted by molar-refractivity contribution is 0.666. The molecule has 44 heavy (non-hydrogen) atoms. The predicted molar refractivity (Wildman–Crippen MR) is 197 cm³/mol. The maximum absolute atomic E-state index is 2.56. The van der Waals surface area contributed by atoms with Gasteiger partial charge in [-0.15, -0.1) is 0 Å². The van der Waals surface area contributed by atoms with Crippen molar-refractivity contribution in [3.05, 3.63) is 117 Å². The molecular weight excluding hydrogens is 530 g/mol. The fourth-order valence-electron chi connectivity index (χ4n) is 6.76. The highest BCUT2D eigenvalue weighted by molar-refractivity contribution is 5.69. The number of nitrogens with zero attached hydrogens (tertiary/aromatic N) is 1. The molecule has 0 saturated carbocycles. The van der Waals surface area contributed by atoms with Crippen molar-refractivity contribution >= 4 is 11.3 Å². The van der Waals surface area contributed by atoms with E-state index in [0.29, 0.717) is 5.92 Å². The SMILES string of the molecule is CCCCCCc1ccc(C(C)=CC(C)N(C(C)=CC(C)c2ccc(CCCCCC)cc2)c2c(C)cc(C)cc2C)cc1. The van der Waals surface area contributed by atoms with Gasteiger partial charge in [-0.1, -0.05) is 138 Å². The number of allylic oxidation sites excluding steroid dienone is 3. The van der Waals surface area contributed by atoms with Crippen LogP contribution in [0, 0.1) is 20.8 Å². The molecule has 2 unspecified atom stereocenters. The second kappa shape index (κ2) is 18.0. The summed E-state index contributed by atoms with van der Waals surface area (Å²) in [4.78, 5) is 2.56. The minimum Gasteiger partial charge on any atom is -0.339 e. The van der Waals surface area contributed by atoms with Crippen LogP contribution in [-0.2, 0) is 12.8 Å². The van der Waals surface area contributed by atoms with Crippen LogP contribution in [0.1, 0.15) is 138 Å². The Hall–Kier alpha value is -3.06. The van der Waals surface area contributed by atoms with E-state index in [1.807, 2.05) is 0 Å². The van der Waals surface area contributed by atoms with Gasteiger partial charge in [0.1, 0.15) is 0 Å². The molecular formula is C43H61N. The molecule has 0 radical (unpaired) electrons. The first-order chi connectivity index (χ1) is 21.1. The summed E-state index contributed by atoms with van der Waals surface area (Å²) in [5.74, 6) is 0.333. The lowest BCUT2D eigenvalue weighted by Gasteiger charge is -2.34. The molecule has 0 aromatic heterocycles. The second-order valence-electron chi connectivity index (χ2n) is 13.4. The molecule has 0 bridgehead atoms. The van der Waals surface area contributed by atoms with Gasteiger partial charge in [-0.2, -0.15) is 0 Å². The summed E-state index contributed by atoms with van der Waals surface area (Å²) in [6.07, 6.45) is 17.8. The van der Waals surface area contributed by atoms with Crippen LogP contribution in [0.25, 0.3) is 5.57 Å². The Bertz CT molecular complexity index is 1320. The summed E-state index contributed by atoms with van der Waals surface area (Å²) in [6.45, 7) is 20.5. The Morgan fingerprint density at radius 2 is 1.16 bits per heavy atom. The molecule has 1 heteroatoms. The van der Waals surface area contributed by atoms with E-state index in [1.165, 1.54) is 120 Å². The normalized spacial score (nSPS) is 13.7. The van der Waals surface area contributed by atoms with Crippen molar-refractivity contribution < 1.29 is 0 Å². The number of anilines is 1. The van der Waals surface area contributed by atoms with Gasteiger partial charge in [-0.25, -0.2) is 0 Å². The molecule has 3 aromatic carbocycles. The molecule has 238 valence electrons. The third-order valence-corrected chi connectivity index (χ3v) is 9.20. The summed E-state index contributed by atoms with van der Waals surface area (Å²) in [5, 5.41) is 0. The van der Waals surface area contributed by atoms with Crippen LogP contribution in [0.3, 0.4) is 0 Å². The molecule has 0 aliphatic rings. The third kappa shape index (κ3) is 10.5. The highest BCUT2D eigenvalue weighted by Gasteiger charge is 2.20. The summed E-state index contributed by atoms with van der Waals surface area (Å²) in [7, 11) is 0. The zero-order chi connectivity index (χ0) is 32.1. The number of unbranched alkanes of at least 4 members (excludes halogenated alkanes) is 6. The second-order valence-corrected chi connectivity index (χ2v) is 13.4. The fourth-order valence-corrected chi connectivity index (χ4v) is 6.76. The lowest BCUT2D eigenvalue weighted by atomic mass is 9.96. The summed E-state index contributed by atoms with van der Waals surface area (Å²) in [5.41, 5.74) is 13.6. The highest BCUT2D eigenvalue weighted by Crippen LogP contribution is 2.33. The average molecular weight is 592 g/mol. The van der Waals surface area contributed by atoms with Gasteiger partial charge in [0.15, 0.2) is 0 Å². The molecule has 0 spiro atoms. The molecule has 0 heterocycles. The molecule has 0 aliphatic heterocycles. The van der Waals surface area contributed by atoms with Crippen molar-refractivity contribution in [3.8, 4) is 0 Å². The van der Waals surface area contributed by atoms with E-state index in [4.69, 9.17) is 0 Å². The van der Waals surface area contributed by atoms with E-state index in [2.05, 4.69) is 140 Å². The number of benzene rings is 3. The van der Waals surface area contributed by atoms with E-state index in [9.17, 15) is 0 Å². The van der Waals surface area contributed by atoms with Crippen molar-refractivity contribution in [2.75, 3.05) is 4.90 Å². The molecule has 1 nitrogen and oxygen atoms in total. The topological polar surface area (TPSA) is 3.24 Å². The smallest absolute Gasteiger partial charge is 0.0496 e. The Balaban J connectivity index is 1.86. The van der Waals surface area contributed by atoms with Crippen molar-refractivity contribution in [2.24, 2.45) is 0 Å². The fraction of sp³-hybridized carbons (Fsp3) is 0.488. The van der Waals surface area contributed by atoms with Gasteiger partial charge in [-0.3, -0.25) is 0 Å². The van der Waals surface area contributed by atoms with Crippen LogP contribution in [0.5, 0.6) is 0 Å². The Labute approximate surface area is 271 Å². The molecule has 0 N–H and O–H groups in total. The molecule has 3 aromatic rings. The summed E-state index contributed by atoms with van der Waals surface area (Å²) < 4.78 is 0. The molecule has 0 fully saturated rings. The van der Waals surface area contributed by atoms with Crippen LogP contribution in [0.15, 0.2) is 78.5 Å². The van der Waals surface area contributed by atoms with Crippen LogP contribution < -0.4 is 4.90 Å². The first-order valence-corrected chi connectivity index (χ1v) is 17.6. The lowest BCUT2D eigenvalue weighted by Crippen LogP contribution is -2.31. The average Bonchev–Trinajstić information content (AvgIpc) is 2.99. The number of hydrogen-bond donors (Lipinski definition) is 0. The minimum atomic E-state index is 0.206. The first kappa shape index (κ1) is 35.4. The predicted octanol–water partition coefficient (Wildman–Crippen LogP) is 12.9. The van der Waals surface area contributed by atoms with Gasteiger partial charge in [0, 0.05) is 23.3 Å². The molecule has 0 amide bonds. The van der Waals surface area contributed by atoms with Gasteiger partial charge >= 0.3 is 0 Å². The van der Waals surface area contributed by atoms with Crippen LogP contribution in [0.4, 0.5) is 5.69 Å². The Morgan fingerprint density at radius 1 is 0.659 bits per heavy atom. The van der Waals surface area contributed by atoms with Crippen LogP contribution in [0.2, 0.25) is 0 Å². The quantitative estimate of drug-likeness (QED) is 0.141. The van der Waals surface area contributed by atoms with E-state index in [-0.39, 0.29) is 6.04 Å². The zero-order valence-electron chi connectivity index (χ0n) is 29.6. The first-order valence-electron chi connectivity index (χ1n) is 17.6. The molecule has 0 saturated heterocycles. The number of hydrogen-bond acceptors (Lipinski definition) is 1. The molecule has 3 rings (SSSR count). The summed E-state index contributed by atoms with van der Waals surface area (Å²) in [6, 6.07) is 23.5. The molecule has 0 aliphatic carbocycles. The zero-order valence-corrected chi connectivity index (χ0v) is 29.6. The maximum atomic E-state index is 2.56. The van der Waals surface area contributed by atoms with Crippen LogP contribution >= 0.6 is 0 Å². The minimum absolute atomic E-state index is 0.206. The van der Waals surface area contributed by atoms with E-state index >= 15 is 0 Å². The summed E-state index contributed by atoms with van der Waals surface area (Å²) >= 11 is 0. The number of aryl methyl sites for hydroxylation is 5. The van der Waals surface area contributed by atoms with E-state index < -0.39 is 0 Å². The van der Waals surface area contributed by atoms with Crippen molar-refractivity contribution in [3.63, 3.8) is 0 Å². The Kier molecular flexibility index (Phi) is 14.5. The number of rotatable bonds is 17. The highest BCUT2D eigenvalue weighted by atomic mass is 15.2. The van der Waals surface area contributed by atoms with Crippen molar-refractivity contribution in [1.82, 2.24) is 0 Å². The van der Waals surface area contributed by atoms with Gasteiger partial charge in [0.2, 0.25) is 0 Å². The largest absolute Gasteiger partial charge is 0.339 e. The van der Waals surface area contributed by atoms with Gasteiger partial charge in [0.25, 0.3) is 0 Å². The Morgan fingerprint density at radius 3 is 1.66 bits per heavy atom. The van der Waals surface area contributed by atoms with Gasteiger partial charge < -0.3 is 4.90 Å². The van der Waals surface area contributed by atoms with Crippen molar-refractivity contribution in [2.45, 2.75) is 138 Å². The van der Waals surface area contributed by atoms with E-state index in [0.717, 1.165) is 0 Å². The van der Waals surface area contributed by atoms with Crippen molar-refractivity contribution in [1.29, 1.82) is 0 Å². The third-order valence-electron chi connectivity index (χ3n) is 9.20. The van der Waals surface area contributed by atoms with Gasteiger partial charge in [-0.05, 0) is 106 Å². The van der Waals surface area contributed by atoms with E-state index in [1.54, 1.807) is 0 Å². The van der Waals surface area contributed by atoms with Crippen LogP contribution in [-0.4, -0.2) is 6.04 Å². The monoisotopic (exact) mass is 591 g/mol.